The van der Waals surface area contributed by atoms with Crippen LogP contribution in [0.25, 0.3) is 11.1 Å². The van der Waals surface area contributed by atoms with Gasteiger partial charge in [-0.1, -0.05) is 91.4 Å². The Balaban J connectivity index is 1.46. The Morgan fingerprint density at radius 2 is 1.50 bits per heavy atom. The van der Waals surface area contributed by atoms with Gasteiger partial charge >= 0.3 is 0 Å². The average Bonchev–Trinajstić information content (AvgIpc) is 2.69. The third kappa shape index (κ3) is 5.69. The molecule has 0 amide bonds. The summed E-state index contributed by atoms with van der Waals surface area (Å²) in [5, 5.41) is 0. The molecule has 1 fully saturated rings. The Kier molecular flexibility index (Phi) is 7.76. The van der Waals surface area contributed by atoms with E-state index >= 15 is 0 Å². The van der Waals surface area contributed by atoms with E-state index in [1.165, 1.54) is 61.6 Å². The summed E-state index contributed by atoms with van der Waals surface area (Å²) in [7, 11) is 0. The van der Waals surface area contributed by atoms with Gasteiger partial charge in [0.15, 0.2) is 0 Å². The maximum absolute atomic E-state index is 6.21. The van der Waals surface area contributed by atoms with E-state index in [-0.39, 0.29) is 6.10 Å². The molecule has 0 N–H and O–H groups in total. The Morgan fingerprint density at radius 1 is 0.846 bits per heavy atom. The molecule has 1 nitrogen and oxygen atoms in total. The molecule has 2 unspecified atom stereocenters. The smallest absolute Gasteiger partial charge is 0.0825 e. The summed E-state index contributed by atoms with van der Waals surface area (Å²) in [5.41, 5.74) is 3.85. The summed E-state index contributed by atoms with van der Waals surface area (Å²) in [6, 6.07) is 17.4. The van der Waals surface area contributed by atoms with Crippen molar-refractivity contribution in [2.45, 2.75) is 64.4 Å². The summed E-state index contributed by atoms with van der Waals surface area (Å²) in [6.45, 7) is 3.22. The monoisotopic (exact) mass is 414 g/mol. The highest BCUT2D eigenvalue weighted by molar-refractivity contribution is 9.10. The largest absolute Gasteiger partial charge is 0.373 e. The maximum Gasteiger partial charge on any atom is 0.0825 e. The van der Waals surface area contributed by atoms with E-state index in [2.05, 4.69) is 71.4 Å². The van der Waals surface area contributed by atoms with Gasteiger partial charge in [0.25, 0.3) is 0 Å². The van der Waals surface area contributed by atoms with Crippen LogP contribution in [0.3, 0.4) is 0 Å². The SMILES string of the molecule is CCCCCCCC1CCC(c2ccc(-c3ccc(Br)cc3)cc2)OC1. The van der Waals surface area contributed by atoms with Gasteiger partial charge in [0.2, 0.25) is 0 Å². The van der Waals surface area contributed by atoms with Gasteiger partial charge in [-0.05, 0) is 54.0 Å². The highest BCUT2D eigenvalue weighted by Gasteiger charge is 2.22. The Morgan fingerprint density at radius 3 is 2.12 bits per heavy atom. The van der Waals surface area contributed by atoms with E-state index in [9.17, 15) is 0 Å². The Bertz CT molecular complexity index is 639. The topological polar surface area (TPSA) is 9.23 Å². The molecule has 0 aliphatic carbocycles. The number of hydrogen-bond donors (Lipinski definition) is 0. The maximum atomic E-state index is 6.21. The molecule has 0 bridgehead atoms. The van der Waals surface area contributed by atoms with E-state index in [1.54, 1.807) is 0 Å². The fourth-order valence-electron chi connectivity index (χ4n) is 3.87. The molecule has 1 aliphatic heterocycles. The Hall–Kier alpha value is -1.12. The molecule has 3 rings (SSSR count). The summed E-state index contributed by atoms with van der Waals surface area (Å²) < 4.78 is 7.33. The van der Waals surface area contributed by atoms with Crippen molar-refractivity contribution in [3.63, 3.8) is 0 Å². The second-order valence-corrected chi connectivity index (χ2v) is 8.51. The second kappa shape index (κ2) is 10.3. The molecule has 0 radical (unpaired) electrons. The highest BCUT2D eigenvalue weighted by Crippen LogP contribution is 2.33. The molecule has 26 heavy (non-hydrogen) atoms. The van der Waals surface area contributed by atoms with Gasteiger partial charge in [-0.15, -0.1) is 0 Å². The summed E-state index contributed by atoms with van der Waals surface area (Å²) in [5.74, 6) is 0.773. The lowest BCUT2D eigenvalue weighted by Crippen LogP contribution is -2.20. The molecule has 1 heterocycles. The molecule has 1 aliphatic rings. The van der Waals surface area contributed by atoms with E-state index < -0.39 is 0 Å². The van der Waals surface area contributed by atoms with Crippen molar-refractivity contribution in [3.8, 4) is 11.1 Å². The number of rotatable bonds is 8. The molecule has 140 valence electrons. The lowest BCUT2D eigenvalue weighted by atomic mass is 9.90. The van der Waals surface area contributed by atoms with Gasteiger partial charge in [0, 0.05) is 4.47 Å². The molecule has 2 heteroatoms. The average molecular weight is 415 g/mol. The minimum Gasteiger partial charge on any atom is -0.373 e. The van der Waals surface area contributed by atoms with Crippen molar-refractivity contribution in [2.75, 3.05) is 6.61 Å². The number of hydrogen-bond acceptors (Lipinski definition) is 1. The molecule has 0 aromatic heterocycles. The zero-order chi connectivity index (χ0) is 18.2. The standard InChI is InChI=1S/C24H31BrO/c1-2-3-4-5-6-7-19-8-17-24(26-18-19)22-11-9-20(10-12-22)21-13-15-23(25)16-14-21/h9-16,19,24H,2-8,17-18H2,1H3. The number of unbranched alkanes of at least 4 members (excludes halogenated alkanes) is 4. The summed E-state index contributed by atoms with van der Waals surface area (Å²) in [4.78, 5) is 0. The zero-order valence-electron chi connectivity index (χ0n) is 15.9. The number of halogens is 1. The van der Waals surface area contributed by atoms with E-state index in [4.69, 9.17) is 4.74 Å². The van der Waals surface area contributed by atoms with Crippen LogP contribution in [0.1, 0.15) is 70.0 Å². The molecule has 0 spiro atoms. The van der Waals surface area contributed by atoms with Gasteiger partial charge < -0.3 is 4.74 Å². The highest BCUT2D eigenvalue weighted by atomic mass is 79.9. The quantitative estimate of drug-likeness (QED) is 0.398. The second-order valence-electron chi connectivity index (χ2n) is 7.60. The van der Waals surface area contributed by atoms with Crippen molar-refractivity contribution in [2.24, 2.45) is 5.92 Å². The third-order valence-corrected chi connectivity index (χ3v) is 6.07. The predicted molar refractivity (Wildman–Crippen MR) is 114 cm³/mol. The van der Waals surface area contributed by atoms with Gasteiger partial charge in [-0.3, -0.25) is 0 Å². The van der Waals surface area contributed by atoms with E-state index in [0.29, 0.717) is 0 Å². The van der Waals surface area contributed by atoms with Crippen LogP contribution in [-0.2, 0) is 4.74 Å². The van der Waals surface area contributed by atoms with Gasteiger partial charge in [0.1, 0.15) is 0 Å². The summed E-state index contributed by atoms with van der Waals surface area (Å²) in [6.07, 6.45) is 11.0. The zero-order valence-corrected chi connectivity index (χ0v) is 17.5. The first kappa shape index (κ1) is 19.6. The summed E-state index contributed by atoms with van der Waals surface area (Å²) >= 11 is 3.50. The molecule has 0 saturated carbocycles. The minimum absolute atomic E-state index is 0.283. The van der Waals surface area contributed by atoms with Crippen LogP contribution in [-0.4, -0.2) is 6.61 Å². The van der Waals surface area contributed by atoms with Gasteiger partial charge in [-0.25, -0.2) is 0 Å². The number of benzene rings is 2. The van der Waals surface area contributed by atoms with Crippen LogP contribution in [0.2, 0.25) is 0 Å². The van der Waals surface area contributed by atoms with Crippen LogP contribution in [0.15, 0.2) is 53.0 Å². The molecule has 2 atom stereocenters. The molecular formula is C24H31BrO. The van der Waals surface area contributed by atoms with Crippen LogP contribution in [0.5, 0.6) is 0 Å². The predicted octanol–water partition coefficient (Wildman–Crippen LogP) is 7.94. The molecule has 1 saturated heterocycles. The third-order valence-electron chi connectivity index (χ3n) is 5.55. The van der Waals surface area contributed by atoms with Crippen molar-refractivity contribution in [1.82, 2.24) is 0 Å². The van der Waals surface area contributed by atoms with Crippen molar-refractivity contribution in [1.29, 1.82) is 0 Å². The lowest BCUT2D eigenvalue weighted by molar-refractivity contribution is -0.0198. The fraction of sp³-hybridized carbons (Fsp3) is 0.500. The first-order chi connectivity index (χ1) is 12.8. The Labute approximate surface area is 167 Å². The van der Waals surface area contributed by atoms with Crippen LogP contribution >= 0.6 is 15.9 Å². The fourth-order valence-corrected chi connectivity index (χ4v) is 4.13. The first-order valence-corrected chi connectivity index (χ1v) is 11.0. The lowest BCUT2D eigenvalue weighted by Gasteiger charge is -2.29. The normalized spacial score (nSPS) is 20.2. The van der Waals surface area contributed by atoms with E-state index in [1.807, 2.05) is 0 Å². The van der Waals surface area contributed by atoms with Crippen molar-refractivity contribution < 1.29 is 4.74 Å². The van der Waals surface area contributed by atoms with Gasteiger partial charge in [-0.2, -0.15) is 0 Å². The molecule has 2 aromatic rings. The van der Waals surface area contributed by atoms with Crippen molar-refractivity contribution >= 4 is 15.9 Å². The van der Waals surface area contributed by atoms with E-state index in [0.717, 1.165) is 23.4 Å². The molecular weight excluding hydrogens is 384 g/mol. The van der Waals surface area contributed by atoms with Gasteiger partial charge in [0.05, 0.1) is 12.7 Å². The van der Waals surface area contributed by atoms with Crippen LogP contribution < -0.4 is 0 Å². The van der Waals surface area contributed by atoms with Crippen LogP contribution in [0, 0.1) is 5.92 Å². The minimum atomic E-state index is 0.283. The van der Waals surface area contributed by atoms with Crippen molar-refractivity contribution in [3.05, 3.63) is 58.6 Å². The number of ether oxygens (including phenoxy) is 1. The first-order valence-electron chi connectivity index (χ1n) is 10.2. The van der Waals surface area contributed by atoms with Crippen LogP contribution in [0.4, 0.5) is 0 Å². The molecule has 2 aromatic carbocycles.